The zero-order chi connectivity index (χ0) is 11.1. The van der Waals surface area contributed by atoms with E-state index < -0.39 is 0 Å². The van der Waals surface area contributed by atoms with Crippen LogP contribution in [0.2, 0.25) is 5.02 Å². The highest BCUT2D eigenvalue weighted by molar-refractivity contribution is 9.09. The van der Waals surface area contributed by atoms with Crippen LogP contribution < -0.4 is 0 Å². The van der Waals surface area contributed by atoms with E-state index in [9.17, 15) is 0 Å². The van der Waals surface area contributed by atoms with Crippen molar-refractivity contribution in [2.24, 2.45) is 0 Å². The average molecular weight is 308 g/mol. The van der Waals surface area contributed by atoms with Crippen LogP contribution in [0.4, 0.5) is 0 Å². The Kier molecular flexibility index (Phi) is 6.78. The van der Waals surface area contributed by atoms with E-state index in [-0.39, 0.29) is 0 Å². The lowest BCUT2D eigenvalue weighted by atomic mass is 9.97. The predicted octanol–water partition coefficient (Wildman–Crippen LogP) is 4.96. The minimum atomic E-state index is 0.593. The lowest BCUT2D eigenvalue weighted by molar-refractivity contribution is 0.681. The summed E-state index contributed by atoms with van der Waals surface area (Å²) in [5.41, 5.74) is 1.35. The van der Waals surface area contributed by atoms with Crippen molar-refractivity contribution in [1.82, 2.24) is 0 Å². The van der Waals surface area contributed by atoms with Crippen LogP contribution in [-0.4, -0.2) is 17.3 Å². The first-order valence-corrected chi connectivity index (χ1v) is 7.97. The maximum atomic E-state index is 5.99. The molecule has 0 amide bonds. The zero-order valence-electron chi connectivity index (χ0n) is 8.88. The molecule has 1 aromatic rings. The number of halogens is 2. The molecule has 0 fully saturated rings. The number of hydrogen-bond acceptors (Lipinski definition) is 1. The first-order chi connectivity index (χ1) is 7.27. The third kappa shape index (κ3) is 4.80. The molecule has 0 heterocycles. The number of alkyl halides is 1. The van der Waals surface area contributed by atoms with Gasteiger partial charge in [0.1, 0.15) is 0 Å². The van der Waals surface area contributed by atoms with Gasteiger partial charge in [-0.2, -0.15) is 11.8 Å². The van der Waals surface area contributed by atoms with Gasteiger partial charge in [0.15, 0.2) is 0 Å². The van der Waals surface area contributed by atoms with E-state index in [1.807, 2.05) is 23.9 Å². The second-order valence-corrected chi connectivity index (χ2v) is 5.61. The predicted molar refractivity (Wildman–Crippen MR) is 75.6 cm³/mol. The molecule has 0 aliphatic heterocycles. The van der Waals surface area contributed by atoms with Crippen molar-refractivity contribution in [1.29, 1.82) is 0 Å². The van der Waals surface area contributed by atoms with Crippen molar-refractivity contribution in [2.75, 3.05) is 17.3 Å². The van der Waals surface area contributed by atoms with Crippen molar-refractivity contribution >= 4 is 39.3 Å². The molecule has 1 atom stereocenters. The molecular formula is C12H16BrClS. The van der Waals surface area contributed by atoms with Gasteiger partial charge in [-0.25, -0.2) is 0 Å². The quantitative estimate of drug-likeness (QED) is 0.528. The van der Waals surface area contributed by atoms with E-state index in [1.54, 1.807) is 0 Å². The summed E-state index contributed by atoms with van der Waals surface area (Å²) in [5.74, 6) is 1.83. The number of benzene rings is 1. The summed E-state index contributed by atoms with van der Waals surface area (Å²) >= 11 is 11.5. The maximum absolute atomic E-state index is 5.99. The maximum Gasteiger partial charge on any atom is 0.0408 e. The largest absolute Gasteiger partial charge is 0.165 e. The molecule has 0 nitrogen and oxygen atoms in total. The molecule has 1 unspecified atom stereocenters. The topological polar surface area (TPSA) is 0 Å². The zero-order valence-corrected chi connectivity index (χ0v) is 12.0. The van der Waals surface area contributed by atoms with E-state index in [0.29, 0.717) is 5.92 Å². The first kappa shape index (κ1) is 13.4. The molecule has 3 heteroatoms. The summed E-state index contributed by atoms with van der Waals surface area (Å²) in [4.78, 5) is 0. The number of rotatable bonds is 6. The normalized spacial score (nSPS) is 12.7. The SMILES string of the molecule is CSCCCC(CBr)c1cccc(Cl)c1. The van der Waals surface area contributed by atoms with Gasteiger partial charge in [-0.05, 0) is 48.5 Å². The highest BCUT2D eigenvalue weighted by atomic mass is 79.9. The average Bonchev–Trinajstić information content (AvgIpc) is 2.24. The van der Waals surface area contributed by atoms with Crippen LogP contribution in [0.15, 0.2) is 24.3 Å². The molecule has 0 bridgehead atoms. The Hall–Kier alpha value is 0.340. The van der Waals surface area contributed by atoms with Gasteiger partial charge in [-0.15, -0.1) is 0 Å². The second-order valence-electron chi connectivity index (χ2n) is 3.54. The molecule has 0 aliphatic carbocycles. The Balaban J connectivity index is 2.57. The Bertz CT molecular complexity index is 291. The molecule has 0 aromatic heterocycles. The molecule has 84 valence electrons. The minimum absolute atomic E-state index is 0.593. The van der Waals surface area contributed by atoms with Crippen LogP contribution in [0.1, 0.15) is 24.3 Å². The van der Waals surface area contributed by atoms with Crippen LogP contribution in [0.5, 0.6) is 0 Å². The van der Waals surface area contributed by atoms with Crippen LogP contribution in [0.3, 0.4) is 0 Å². The summed E-state index contributed by atoms with van der Waals surface area (Å²) in [5, 5.41) is 1.85. The van der Waals surface area contributed by atoms with Gasteiger partial charge < -0.3 is 0 Å². The number of thioether (sulfide) groups is 1. The van der Waals surface area contributed by atoms with Crippen molar-refractivity contribution in [3.63, 3.8) is 0 Å². The third-order valence-electron chi connectivity index (χ3n) is 2.41. The summed E-state index contributed by atoms with van der Waals surface area (Å²) in [6.45, 7) is 0. The highest BCUT2D eigenvalue weighted by Gasteiger charge is 2.09. The lowest BCUT2D eigenvalue weighted by Gasteiger charge is -2.14. The Labute approximate surface area is 110 Å². The Morgan fingerprint density at radius 1 is 1.47 bits per heavy atom. The summed E-state index contributed by atoms with van der Waals surface area (Å²) < 4.78 is 0. The van der Waals surface area contributed by atoms with E-state index in [2.05, 4.69) is 34.3 Å². The summed E-state index contributed by atoms with van der Waals surface area (Å²) in [7, 11) is 0. The molecule has 0 radical (unpaired) electrons. The van der Waals surface area contributed by atoms with Crippen molar-refractivity contribution in [3.8, 4) is 0 Å². The smallest absolute Gasteiger partial charge is 0.0408 e. The Morgan fingerprint density at radius 3 is 2.87 bits per heavy atom. The van der Waals surface area contributed by atoms with Gasteiger partial charge in [-0.3, -0.25) is 0 Å². The molecule has 0 N–H and O–H groups in total. The molecule has 0 spiro atoms. The molecular weight excluding hydrogens is 292 g/mol. The van der Waals surface area contributed by atoms with Crippen LogP contribution in [-0.2, 0) is 0 Å². The van der Waals surface area contributed by atoms with Crippen LogP contribution in [0, 0.1) is 0 Å². The molecule has 1 aromatic carbocycles. The van der Waals surface area contributed by atoms with Gasteiger partial charge in [0.2, 0.25) is 0 Å². The molecule has 1 rings (SSSR count). The fourth-order valence-corrected chi connectivity index (χ4v) is 2.92. The van der Waals surface area contributed by atoms with Crippen molar-refractivity contribution in [2.45, 2.75) is 18.8 Å². The van der Waals surface area contributed by atoms with E-state index in [0.717, 1.165) is 10.4 Å². The summed E-state index contributed by atoms with van der Waals surface area (Å²) in [6, 6.07) is 8.20. The van der Waals surface area contributed by atoms with Crippen LogP contribution in [0.25, 0.3) is 0 Å². The third-order valence-corrected chi connectivity index (χ3v) is 4.12. The minimum Gasteiger partial charge on any atom is -0.165 e. The fraction of sp³-hybridized carbons (Fsp3) is 0.500. The molecule has 0 saturated heterocycles. The van der Waals surface area contributed by atoms with E-state index in [4.69, 9.17) is 11.6 Å². The van der Waals surface area contributed by atoms with E-state index in [1.165, 1.54) is 24.2 Å². The van der Waals surface area contributed by atoms with Crippen molar-refractivity contribution in [3.05, 3.63) is 34.9 Å². The van der Waals surface area contributed by atoms with Crippen molar-refractivity contribution < 1.29 is 0 Å². The highest BCUT2D eigenvalue weighted by Crippen LogP contribution is 2.26. The Morgan fingerprint density at radius 2 is 2.27 bits per heavy atom. The molecule has 0 aliphatic rings. The van der Waals surface area contributed by atoms with Gasteiger partial charge >= 0.3 is 0 Å². The van der Waals surface area contributed by atoms with Crippen LogP contribution >= 0.6 is 39.3 Å². The molecule has 0 saturated carbocycles. The fourth-order valence-electron chi connectivity index (χ4n) is 1.57. The first-order valence-electron chi connectivity index (χ1n) is 5.08. The molecule has 15 heavy (non-hydrogen) atoms. The summed E-state index contributed by atoms with van der Waals surface area (Å²) in [6.07, 6.45) is 4.65. The van der Waals surface area contributed by atoms with Gasteiger partial charge in [-0.1, -0.05) is 39.7 Å². The standard InChI is InChI=1S/C12H16BrClS/c1-15-7-3-5-11(9-13)10-4-2-6-12(14)8-10/h2,4,6,8,11H,3,5,7,9H2,1H3. The number of hydrogen-bond donors (Lipinski definition) is 0. The van der Waals surface area contributed by atoms with E-state index >= 15 is 0 Å². The van der Waals surface area contributed by atoms with Gasteiger partial charge in [0.05, 0.1) is 0 Å². The van der Waals surface area contributed by atoms with Gasteiger partial charge in [0, 0.05) is 10.4 Å². The monoisotopic (exact) mass is 306 g/mol. The second kappa shape index (κ2) is 7.59. The lowest BCUT2D eigenvalue weighted by Crippen LogP contribution is -2.01. The van der Waals surface area contributed by atoms with Gasteiger partial charge in [0.25, 0.3) is 0 Å².